The first-order chi connectivity index (χ1) is 10.7. The Labute approximate surface area is 136 Å². The maximum atomic E-state index is 12.2. The molecule has 1 aromatic carbocycles. The Kier molecular flexibility index (Phi) is 5.25. The maximum Gasteiger partial charge on any atom is 0.336 e. The molecule has 23 heavy (non-hydrogen) atoms. The Morgan fingerprint density at radius 3 is 2.57 bits per heavy atom. The van der Waals surface area contributed by atoms with Crippen LogP contribution in [0.25, 0.3) is 0 Å². The molecule has 0 aromatic heterocycles. The molecule has 1 aromatic rings. The second kappa shape index (κ2) is 6.83. The molecule has 1 aliphatic heterocycles. The second-order valence-corrected chi connectivity index (χ2v) is 8.26. The van der Waals surface area contributed by atoms with E-state index in [0.717, 1.165) is 5.41 Å². The van der Waals surface area contributed by atoms with Crippen molar-refractivity contribution in [1.82, 2.24) is 4.72 Å². The molecule has 0 bridgehead atoms. The first-order valence-corrected chi connectivity index (χ1v) is 9.79. The fourth-order valence-electron chi connectivity index (χ4n) is 2.19. The minimum atomic E-state index is -3.87. The van der Waals surface area contributed by atoms with Gasteiger partial charge in [-0.25, -0.2) is 8.42 Å². The predicted octanol–water partition coefficient (Wildman–Crippen LogP) is 0.828. The van der Waals surface area contributed by atoms with Crippen LogP contribution in [-0.4, -0.2) is 29.0 Å². The van der Waals surface area contributed by atoms with Gasteiger partial charge in [-0.15, -0.1) is 0 Å². The molecule has 3 N–H and O–H groups in total. The van der Waals surface area contributed by atoms with E-state index in [9.17, 15) is 16.8 Å². The van der Waals surface area contributed by atoms with Crippen LogP contribution in [0.1, 0.15) is 13.3 Å². The average Bonchev–Trinajstić information content (AvgIpc) is 2.46. The molecule has 1 saturated heterocycles. The normalized spacial score (nSPS) is 25.5. The van der Waals surface area contributed by atoms with E-state index >= 15 is 0 Å². The Balaban J connectivity index is 2.23. The van der Waals surface area contributed by atoms with Crippen molar-refractivity contribution in [2.45, 2.75) is 30.4 Å². The van der Waals surface area contributed by atoms with E-state index in [-0.39, 0.29) is 4.90 Å². The molecule has 0 aliphatic carbocycles. The summed E-state index contributed by atoms with van der Waals surface area (Å²) in [5, 5.41) is 1.01. The first kappa shape index (κ1) is 17.7. The molecule has 7 nitrogen and oxygen atoms in total. The number of hydrogen-bond acceptors (Lipinski definition) is 6. The molecule has 0 unspecified atom stereocenters. The van der Waals surface area contributed by atoms with Gasteiger partial charge in [0.15, 0.2) is 9.84 Å². The predicted molar refractivity (Wildman–Crippen MR) is 86.0 cm³/mol. The van der Waals surface area contributed by atoms with Crippen molar-refractivity contribution in [1.29, 1.82) is 0 Å². The van der Waals surface area contributed by atoms with E-state index in [0.29, 0.717) is 12.0 Å². The lowest BCUT2D eigenvalue weighted by molar-refractivity contribution is 0.182. The molecular formula is C14H18N2O5S2. The highest BCUT2D eigenvalue weighted by atomic mass is 32.2. The van der Waals surface area contributed by atoms with Gasteiger partial charge in [-0.1, -0.05) is 18.2 Å². The van der Waals surface area contributed by atoms with Crippen molar-refractivity contribution in [2.24, 2.45) is 5.73 Å². The summed E-state index contributed by atoms with van der Waals surface area (Å²) in [6, 6.07) is 7.27. The van der Waals surface area contributed by atoms with Gasteiger partial charge >= 0.3 is 10.3 Å². The molecule has 126 valence electrons. The molecule has 1 aliphatic rings. The number of rotatable bonds is 4. The molecule has 2 rings (SSSR count). The summed E-state index contributed by atoms with van der Waals surface area (Å²) in [6.07, 6.45) is 2.30. The maximum absolute atomic E-state index is 12.2. The summed E-state index contributed by atoms with van der Waals surface area (Å²) in [4.78, 5) is 0.147. The van der Waals surface area contributed by atoms with Crippen molar-refractivity contribution in [3.63, 3.8) is 0 Å². The van der Waals surface area contributed by atoms with E-state index in [4.69, 9.17) is 9.92 Å². The third kappa shape index (κ3) is 4.64. The van der Waals surface area contributed by atoms with Gasteiger partial charge < -0.3 is 5.73 Å². The van der Waals surface area contributed by atoms with Crippen molar-refractivity contribution in [3.05, 3.63) is 53.6 Å². The summed E-state index contributed by atoms with van der Waals surface area (Å²) in [6.45, 7) is 1.62. The van der Waals surface area contributed by atoms with E-state index in [1.165, 1.54) is 24.4 Å². The van der Waals surface area contributed by atoms with E-state index in [1.807, 2.05) is 0 Å². The zero-order chi connectivity index (χ0) is 17.1. The van der Waals surface area contributed by atoms with Crippen LogP contribution in [0.15, 0.2) is 58.5 Å². The van der Waals surface area contributed by atoms with Crippen LogP contribution in [0.5, 0.6) is 0 Å². The van der Waals surface area contributed by atoms with Gasteiger partial charge in [0, 0.05) is 5.41 Å². The van der Waals surface area contributed by atoms with Gasteiger partial charge in [-0.05, 0) is 43.3 Å². The number of hydrogen-bond donors (Lipinski definition) is 2. The van der Waals surface area contributed by atoms with E-state index in [1.54, 1.807) is 25.1 Å². The highest BCUT2D eigenvalue weighted by Crippen LogP contribution is 2.20. The Bertz CT molecular complexity index is 814. The van der Waals surface area contributed by atoms with Gasteiger partial charge in [0.05, 0.1) is 17.0 Å². The average molecular weight is 358 g/mol. The summed E-state index contributed by atoms with van der Waals surface area (Å²) < 4.78 is 54.6. The molecule has 1 heterocycles. The lowest BCUT2D eigenvalue weighted by Crippen LogP contribution is -2.45. The molecule has 0 radical (unpaired) electrons. The highest BCUT2D eigenvalue weighted by Gasteiger charge is 2.30. The van der Waals surface area contributed by atoms with Gasteiger partial charge in [-0.3, -0.25) is 4.18 Å². The third-order valence-corrected chi connectivity index (χ3v) is 5.83. The summed E-state index contributed by atoms with van der Waals surface area (Å²) in [7, 11) is -7.50. The van der Waals surface area contributed by atoms with Crippen LogP contribution in [-0.2, 0) is 24.3 Å². The van der Waals surface area contributed by atoms with E-state index < -0.39 is 32.3 Å². The van der Waals surface area contributed by atoms with E-state index in [2.05, 4.69) is 4.72 Å². The summed E-state index contributed by atoms with van der Waals surface area (Å²) in [5.41, 5.74) is 5.87. The Morgan fingerprint density at radius 2 is 2.00 bits per heavy atom. The van der Waals surface area contributed by atoms with Crippen LogP contribution in [0.3, 0.4) is 0 Å². The molecule has 1 fully saturated rings. The summed E-state index contributed by atoms with van der Waals surface area (Å²) in [5.74, 6) is 0. The highest BCUT2D eigenvalue weighted by molar-refractivity contribution is 7.94. The fourth-order valence-corrected chi connectivity index (χ4v) is 4.36. The number of nitrogens with one attached hydrogen (secondary N) is 1. The molecule has 2 atom stereocenters. The smallest absolute Gasteiger partial charge is 0.336 e. The SMILES string of the molecule is C[C@H]1C[C@@H](C(/C=C\S(=O)(=O)c2ccccc2)=C/N)NS(=O)(=O)O1. The topological polar surface area (TPSA) is 116 Å². The van der Waals surface area contributed by atoms with Crippen LogP contribution < -0.4 is 10.5 Å². The zero-order valence-electron chi connectivity index (χ0n) is 12.4. The monoisotopic (exact) mass is 358 g/mol. The lowest BCUT2D eigenvalue weighted by Gasteiger charge is -2.28. The van der Waals surface area contributed by atoms with Gasteiger partial charge in [0.2, 0.25) is 0 Å². The number of nitrogens with two attached hydrogens (primary N) is 1. The number of benzene rings is 1. The molecule has 0 amide bonds. The number of sulfone groups is 1. The minimum absolute atomic E-state index is 0.147. The lowest BCUT2D eigenvalue weighted by atomic mass is 10.0. The van der Waals surface area contributed by atoms with Crippen molar-refractivity contribution in [3.8, 4) is 0 Å². The van der Waals surface area contributed by atoms with Gasteiger partial charge in [0.1, 0.15) is 0 Å². The third-order valence-electron chi connectivity index (χ3n) is 3.25. The van der Waals surface area contributed by atoms with Crippen molar-refractivity contribution >= 4 is 20.1 Å². The van der Waals surface area contributed by atoms with Crippen LogP contribution in [0.4, 0.5) is 0 Å². The first-order valence-electron chi connectivity index (χ1n) is 6.84. The van der Waals surface area contributed by atoms with Crippen LogP contribution in [0.2, 0.25) is 0 Å². The van der Waals surface area contributed by atoms with Crippen molar-refractivity contribution < 1.29 is 21.0 Å². The quantitative estimate of drug-likeness (QED) is 0.770. The second-order valence-electron chi connectivity index (χ2n) is 5.09. The molecule has 9 heteroatoms. The zero-order valence-corrected chi connectivity index (χ0v) is 14.0. The molecule has 0 saturated carbocycles. The van der Waals surface area contributed by atoms with Crippen molar-refractivity contribution in [2.75, 3.05) is 0 Å². The minimum Gasteiger partial charge on any atom is -0.404 e. The fraction of sp³-hybridized carbons (Fsp3) is 0.286. The molecular weight excluding hydrogens is 340 g/mol. The van der Waals surface area contributed by atoms with Gasteiger partial charge in [-0.2, -0.15) is 13.1 Å². The van der Waals surface area contributed by atoms with Crippen LogP contribution >= 0.6 is 0 Å². The standard InChI is InChI=1S/C14H18N2O5S2/c1-11-9-14(16-23(19,20)21-11)12(10-15)7-8-22(17,18)13-5-3-2-4-6-13/h2-8,10-11,14,16H,9,15H2,1H3/b8-7-,12-10+/t11-,14-/m0/s1. The summed E-state index contributed by atoms with van der Waals surface area (Å²) >= 11 is 0. The largest absolute Gasteiger partial charge is 0.404 e. The Morgan fingerprint density at radius 1 is 1.35 bits per heavy atom. The van der Waals surface area contributed by atoms with Gasteiger partial charge in [0.25, 0.3) is 0 Å². The molecule has 0 spiro atoms. The van der Waals surface area contributed by atoms with Crippen LogP contribution in [0, 0.1) is 0 Å². The Hall–Kier alpha value is -1.68.